The quantitative estimate of drug-likeness (QED) is 0.356. The van der Waals surface area contributed by atoms with Crippen LogP contribution in [0, 0.1) is 0 Å². The highest BCUT2D eigenvalue weighted by Gasteiger charge is 2.02. The van der Waals surface area contributed by atoms with Gasteiger partial charge >= 0.3 is 0 Å². The molecule has 0 spiro atoms. The summed E-state index contributed by atoms with van der Waals surface area (Å²) >= 11 is 0. The molecule has 0 radical (unpaired) electrons. The number of hydrogen-bond donors (Lipinski definition) is 0. The second-order valence-corrected chi connectivity index (χ2v) is 2.56. The zero-order chi connectivity index (χ0) is 8.81. The van der Waals surface area contributed by atoms with Crippen molar-refractivity contribution in [2.75, 3.05) is 20.2 Å². The number of nitrogens with zero attached hydrogens (tertiary/aromatic N) is 2. The van der Waals surface area contributed by atoms with Crippen LogP contribution >= 0.6 is 0 Å². The van der Waals surface area contributed by atoms with Gasteiger partial charge in [-0.2, -0.15) is 0 Å². The highest BCUT2D eigenvalue weighted by molar-refractivity contribution is 5.79. The third-order valence-electron chi connectivity index (χ3n) is 1.72. The first-order valence-corrected chi connectivity index (χ1v) is 4.04. The highest BCUT2D eigenvalue weighted by Crippen LogP contribution is 2.04. The Morgan fingerprint density at radius 3 is 3.08 bits per heavy atom. The third-order valence-corrected chi connectivity index (χ3v) is 1.72. The number of oxime groups is 1. The SMILES string of the molecule is CCN1C=CC=C(/C=N/OC)C1.[I-]. The van der Waals surface area contributed by atoms with Gasteiger partial charge in [0.1, 0.15) is 7.11 Å². The van der Waals surface area contributed by atoms with Crippen LogP contribution in [0.1, 0.15) is 6.92 Å². The minimum Gasteiger partial charge on any atom is -1.00 e. The summed E-state index contributed by atoms with van der Waals surface area (Å²) in [5.41, 5.74) is 1.17. The normalized spacial score (nSPS) is 15.5. The molecule has 4 heteroatoms. The predicted octanol–water partition coefficient (Wildman–Crippen LogP) is -1.60. The van der Waals surface area contributed by atoms with Gasteiger partial charge in [-0.25, -0.2) is 0 Å². The molecule has 0 unspecified atom stereocenters. The fourth-order valence-electron chi connectivity index (χ4n) is 1.05. The zero-order valence-electron chi connectivity index (χ0n) is 7.90. The lowest BCUT2D eigenvalue weighted by Gasteiger charge is -2.20. The Hall–Kier alpha value is -0.520. The molecule has 0 saturated heterocycles. The molecule has 0 aromatic heterocycles. The summed E-state index contributed by atoms with van der Waals surface area (Å²) in [7, 11) is 1.55. The number of rotatable bonds is 3. The molecule has 0 N–H and O–H groups in total. The van der Waals surface area contributed by atoms with Gasteiger partial charge in [-0.1, -0.05) is 11.2 Å². The van der Waals surface area contributed by atoms with Crippen molar-refractivity contribution in [2.45, 2.75) is 6.92 Å². The van der Waals surface area contributed by atoms with Gasteiger partial charge in [0.25, 0.3) is 0 Å². The first kappa shape index (κ1) is 12.5. The molecule has 74 valence electrons. The van der Waals surface area contributed by atoms with Crippen molar-refractivity contribution < 1.29 is 28.8 Å². The summed E-state index contributed by atoms with van der Waals surface area (Å²) in [6.45, 7) is 4.06. The van der Waals surface area contributed by atoms with Crippen LogP contribution in [0.5, 0.6) is 0 Å². The lowest BCUT2D eigenvalue weighted by molar-refractivity contribution is -0.00000276. The van der Waals surface area contributed by atoms with E-state index in [4.69, 9.17) is 0 Å². The van der Waals surface area contributed by atoms with Crippen molar-refractivity contribution >= 4 is 6.21 Å². The maximum Gasteiger partial charge on any atom is 0.106 e. The van der Waals surface area contributed by atoms with Gasteiger partial charge in [0.15, 0.2) is 0 Å². The largest absolute Gasteiger partial charge is 1.00 e. The standard InChI is InChI=1S/C9H14N2O.HI/c1-3-11-6-4-5-9(8-11)7-10-12-2;/h4-7H,3,8H2,1-2H3;1H/p-1/b10-7+;. The van der Waals surface area contributed by atoms with Gasteiger partial charge in [-0.3, -0.25) is 0 Å². The minimum absolute atomic E-state index is 0. The van der Waals surface area contributed by atoms with Crippen LogP contribution in [0.25, 0.3) is 0 Å². The van der Waals surface area contributed by atoms with Gasteiger partial charge < -0.3 is 33.7 Å². The van der Waals surface area contributed by atoms with Crippen molar-refractivity contribution in [1.29, 1.82) is 0 Å². The second kappa shape index (κ2) is 6.94. The van der Waals surface area contributed by atoms with Gasteiger partial charge in [0.2, 0.25) is 0 Å². The maximum absolute atomic E-state index is 4.60. The van der Waals surface area contributed by atoms with Crippen LogP contribution in [-0.2, 0) is 4.84 Å². The Balaban J connectivity index is 0.00000144. The smallest absolute Gasteiger partial charge is 0.106 e. The molecule has 1 aliphatic heterocycles. The monoisotopic (exact) mass is 293 g/mol. The Bertz CT molecular complexity index is 224. The first-order chi connectivity index (χ1) is 5.86. The number of likely N-dealkylation sites (N-methyl/N-ethyl adjacent to an activating group) is 1. The van der Waals surface area contributed by atoms with E-state index in [-0.39, 0.29) is 24.0 Å². The van der Waals surface area contributed by atoms with E-state index in [9.17, 15) is 0 Å². The van der Waals surface area contributed by atoms with E-state index in [2.05, 4.69) is 28.0 Å². The summed E-state index contributed by atoms with van der Waals surface area (Å²) in [5, 5.41) is 3.71. The van der Waals surface area contributed by atoms with E-state index >= 15 is 0 Å². The van der Waals surface area contributed by atoms with E-state index in [1.807, 2.05) is 12.2 Å². The van der Waals surface area contributed by atoms with E-state index < -0.39 is 0 Å². The Morgan fingerprint density at radius 2 is 2.46 bits per heavy atom. The lowest BCUT2D eigenvalue weighted by atomic mass is 10.2. The molecule has 0 saturated carbocycles. The lowest BCUT2D eigenvalue weighted by Crippen LogP contribution is -3.00. The van der Waals surface area contributed by atoms with E-state index in [0.717, 1.165) is 13.1 Å². The second-order valence-electron chi connectivity index (χ2n) is 2.56. The Kier molecular flexibility index (Phi) is 6.66. The fourth-order valence-corrected chi connectivity index (χ4v) is 1.05. The molecule has 13 heavy (non-hydrogen) atoms. The molecule has 0 fully saturated rings. The minimum atomic E-state index is 0. The molecule has 0 aromatic carbocycles. The summed E-state index contributed by atoms with van der Waals surface area (Å²) in [4.78, 5) is 6.80. The molecular formula is C9H14IN2O-. The number of allylic oxidation sites excluding steroid dienone is 2. The molecule has 0 atom stereocenters. The first-order valence-electron chi connectivity index (χ1n) is 4.04. The maximum atomic E-state index is 4.60. The Labute approximate surface area is 96.1 Å². The van der Waals surface area contributed by atoms with Crippen molar-refractivity contribution in [3.63, 3.8) is 0 Å². The molecule has 0 aromatic rings. The topological polar surface area (TPSA) is 24.8 Å². The van der Waals surface area contributed by atoms with E-state index in [1.54, 1.807) is 13.3 Å². The van der Waals surface area contributed by atoms with Gasteiger partial charge in [0, 0.05) is 13.1 Å². The molecule has 3 nitrogen and oxygen atoms in total. The molecule has 1 aliphatic rings. The average molecular weight is 293 g/mol. The average Bonchev–Trinajstić information content (AvgIpc) is 2.15. The van der Waals surface area contributed by atoms with Crippen LogP contribution in [0.15, 0.2) is 29.1 Å². The number of halogens is 1. The number of hydrogen-bond acceptors (Lipinski definition) is 3. The highest BCUT2D eigenvalue weighted by atomic mass is 127. The molecular weight excluding hydrogens is 279 g/mol. The molecule has 1 rings (SSSR count). The fraction of sp³-hybridized carbons (Fsp3) is 0.444. The van der Waals surface area contributed by atoms with E-state index in [1.165, 1.54) is 5.57 Å². The third kappa shape index (κ3) is 4.31. The van der Waals surface area contributed by atoms with Crippen LogP contribution in [0.4, 0.5) is 0 Å². The summed E-state index contributed by atoms with van der Waals surface area (Å²) < 4.78 is 0. The van der Waals surface area contributed by atoms with E-state index in [0.29, 0.717) is 0 Å². The van der Waals surface area contributed by atoms with Crippen molar-refractivity contribution in [1.82, 2.24) is 4.90 Å². The van der Waals surface area contributed by atoms with Crippen molar-refractivity contribution in [3.8, 4) is 0 Å². The van der Waals surface area contributed by atoms with Crippen molar-refractivity contribution in [3.05, 3.63) is 23.9 Å². The zero-order valence-corrected chi connectivity index (χ0v) is 10.1. The summed E-state index contributed by atoms with van der Waals surface area (Å²) in [5.74, 6) is 0. The van der Waals surface area contributed by atoms with Crippen LogP contribution < -0.4 is 24.0 Å². The van der Waals surface area contributed by atoms with Crippen molar-refractivity contribution in [2.24, 2.45) is 5.16 Å². The summed E-state index contributed by atoms with van der Waals surface area (Å²) in [6, 6.07) is 0. The van der Waals surface area contributed by atoms with Crippen LogP contribution in [0.3, 0.4) is 0 Å². The van der Waals surface area contributed by atoms with Crippen LogP contribution in [-0.4, -0.2) is 31.3 Å². The molecule has 0 aliphatic carbocycles. The predicted molar refractivity (Wildman–Crippen MR) is 50.0 cm³/mol. The summed E-state index contributed by atoms with van der Waals surface area (Å²) in [6.07, 6.45) is 7.87. The molecule has 0 amide bonds. The Morgan fingerprint density at radius 1 is 1.69 bits per heavy atom. The van der Waals surface area contributed by atoms with Gasteiger partial charge in [-0.15, -0.1) is 0 Å². The van der Waals surface area contributed by atoms with Gasteiger partial charge in [-0.05, 0) is 24.8 Å². The van der Waals surface area contributed by atoms with Gasteiger partial charge in [0.05, 0.1) is 6.21 Å². The molecule has 1 heterocycles. The van der Waals surface area contributed by atoms with Crippen LogP contribution in [0.2, 0.25) is 0 Å². The molecule has 0 bridgehead atoms.